The van der Waals surface area contributed by atoms with Crippen LogP contribution in [-0.2, 0) is 14.2 Å². The second kappa shape index (κ2) is 8.90. The summed E-state index contributed by atoms with van der Waals surface area (Å²) in [5.74, 6) is 0. The van der Waals surface area contributed by atoms with Crippen LogP contribution in [0.4, 0.5) is 0 Å². The van der Waals surface area contributed by atoms with Crippen LogP contribution in [0.25, 0.3) is 0 Å². The maximum absolute atomic E-state index is 8.95. The fourth-order valence-corrected chi connectivity index (χ4v) is 0.899. The Morgan fingerprint density at radius 2 is 1.56 bits per heavy atom. The van der Waals surface area contributed by atoms with Crippen LogP contribution in [0.1, 0.15) is 20.8 Å². The Balaban J connectivity index is 3.10. The number of ether oxygens (including phenoxy) is 3. The van der Waals surface area contributed by atoms with E-state index in [0.717, 1.165) is 0 Å². The van der Waals surface area contributed by atoms with Gasteiger partial charge in [0.1, 0.15) is 6.10 Å². The fraction of sp³-hybridized carbons (Fsp3) is 1.00. The third-order valence-electron chi connectivity index (χ3n) is 1.66. The second-order valence-electron chi connectivity index (χ2n) is 4.48. The number of hydrogen-bond donors (Lipinski definition) is 2. The highest BCUT2D eigenvalue weighted by Crippen LogP contribution is 2.05. The van der Waals surface area contributed by atoms with E-state index in [1.165, 1.54) is 0 Å². The summed E-state index contributed by atoms with van der Waals surface area (Å²) in [7, 11) is 0. The molecule has 0 aromatic carbocycles. The largest absolute Gasteiger partial charge is 0.394 e. The molecule has 0 bridgehead atoms. The first-order valence-corrected chi connectivity index (χ1v) is 5.54. The lowest BCUT2D eigenvalue weighted by atomic mass is 10.2. The van der Waals surface area contributed by atoms with Crippen LogP contribution >= 0.6 is 0 Å². The molecule has 0 saturated carbocycles. The van der Waals surface area contributed by atoms with Crippen molar-refractivity contribution in [2.45, 2.75) is 32.5 Å². The summed E-state index contributed by atoms with van der Waals surface area (Å²) in [6.45, 7) is 7.80. The van der Waals surface area contributed by atoms with Gasteiger partial charge in [-0.2, -0.15) is 0 Å². The molecule has 0 fully saturated rings. The Kier molecular flexibility index (Phi) is 8.78. The van der Waals surface area contributed by atoms with Gasteiger partial charge >= 0.3 is 0 Å². The summed E-state index contributed by atoms with van der Waals surface area (Å²) in [6, 6.07) is 0. The quantitative estimate of drug-likeness (QED) is 0.559. The van der Waals surface area contributed by atoms with Gasteiger partial charge in [0.05, 0.1) is 45.2 Å². The summed E-state index contributed by atoms with van der Waals surface area (Å²) < 4.78 is 15.8. The molecule has 1 atom stereocenters. The van der Waals surface area contributed by atoms with Crippen LogP contribution in [-0.4, -0.2) is 61.6 Å². The van der Waals surface area contributed by atoms with Crippen molar-refractivity contribution < 1.29 is 24.4 Å². The minimum Gasteiger partial charge on any atom is -0.394 e. The van der Waals surface area contributed by atoms with Gasteiger partial charge in [-0.25, -0.2) is 0 Å². The minimum atomic E-state index is -0.802. The number of aliphatic hydroxyl groups is 2. The minimum absolute atomic E-state index is 0.134. The van der Waals surface area contributed by atoms with Gasteiger partial charge in [-0.05, 0) is 20.8 Å². The van der Waals surface area contributed by atoms with E-state index in [4.69, 9.17) is 24.4 Å². The Bertz CT molecular complexity index is 155. The van der Waals surface area contributed by atoms with Gasteiger partial charge in [-0.3, -0.25) is 0 Å². The van der Waals surface area contributed by atoms with E-state index in [1.54, 1.807) is 0 Å². The van der Waals surface area contributed by atoms with Crippen molar-refractivity contribution in [2.24, 2.45) is 0 Å². The summed E-state index contributed by atoms with van der Waals surface area (Å²) in [5.41, 5.74) is -0.134. The molecule has 0 heterocycles. The number of rotatable bonds is 9. The molecule has 0 aliphatic heterocycles. The lowest BCUT2D eigenvalue weighted by Gasteiger charge is -2.19. The molecule has 0 aliphatic rings. The molecule has 0 saturated heterocycles. The number of aliphatic hydroxyl groups excluding tert-OH is 2. The van der Waals surface area contributed by atoms with Gasteiger partial charge < -0.3 is 24.4 Å². The van der Waals surface area contributed by atoms with Gasteiger partial charge in [-0.1, -0.05) is 0 Å². The van der Waals surface area contributed by atoms with E-state index < -0.39 is 6.10 Å². The maximum Gasteiger partial charge on any atom is 0.100 e. The molecule has 0 aromatic rings. The van der Waals surface area contributed by atoms with E-state index in [-0.39, 0.29) is 18.8 Å². The van der Waals surface area contributed by atoms with Crippen LogP contribution in [0.3, 0.4) is 0 Å². The van der Waals surface area contributed by atoms with Crippen LogP contribution in [0.2, 0.25) is 0 Å². The first kappa shape index (κ1) is 15.8. The highest BCUT2D eigenvalue weighted by molar-refractivity contribution is 4.57. The second-order valence-corrected chi connectivity index (χ2v) is 4.48. The first-order valence-electron chi connectivity index (χ1n) is 5.54. The van der Waals surface area contributed by atoms with Crippen LogP contribution in [0.5, 0.6) is 0 Å². The Labute approximate surface area is 97.3 Å². The molecule has 5 heteroatoms. The molecule has 2 N–H and O–H groups in total. The maximum atomic E-state index is 8.95. The standard InChI is InChI=1S/C11H24O5/c1-11(2,3)16-7-6-14-4-5-15-9-10(13)8-12/h10,12-13H,4-9H2,1-3H3. The van der Waals surface area contributed by atoms with Gasteiger partial charge in [0.25, 0.3) is 0 Å². The molecule has 5 nitrogen and oxygen atoms in total. The van der Waals surface area contributed by atoms with Gasteiger partial charge in [0, 0.05) is 0 Å². The molecule has 0 rings (SSSR count). The Morgan fingerprint density at radius 1 is 1.00 bits per heavy atom. The van der Waals surface area contributed by atoms with Gasteiger partial charge in [-0.15, -0.1) is 0 Å². The monoisotopic (exact) mass is 236 g/mol. The van der Waals surface area contributed by atoms with Crippen molar-refractivity contribution >= 4 is 0 Å². The van der Waals surface area contributed by atoms with E-state index >= 15 is 0 Å². The highest BCUT2D eigenvalue weighted by Gasteiger charge is 2.08. The topological polar surface area (TPSA) is 68.2 Å². The highest BCUT2D eigenvalue weighted by atomic mass is 16.6. The zero-order chi connectivity index (χ0) is 12.4. The normalized spacial score (nSPS) is 14.1. The number of hydrogen-bond acceptors (Lipinski definition) is 5. The average molecular weight is 236 g/mol. The lowest BCUT2D eigenvalue weighted by molar-refractivity contribution is -0.0499. The van der Waals surface area contributed by atoms with Crippen molar-refractivity contribution in [2.75, 3.05) is 39.6 Å². The van der Waals surface area contributed by atoms with Crippen LogP contribution in [0.15, 0.2) is 0 Å². The summed E-state index contributed by atoms with van der Waals surface area (Å²) in [6.07, 6.45) is -0.802. The van der Waals surface area contributed by atoms with Crippen molar-refractivity contribution in [1.29, 1.82) is 0 Å². The Morgan fingerprint density at radius 3 is 2.12 bits per heavy atom. The predicted molar refractivity (Wildman–Crippen MR) is 60.4 cm³/mol. The average Bonchev–Trinajstić information content (AvgIpc) is 2.20. The molecule has 0 radical (unpaired) electrons. The van der Waals surface area contributed by atoms with Crippen molar-refractivity contribution in [3.63, 3.8) is 0 Å². The van der Waals surface area contributed by atoms with Gasteiger partial charge in [0.15, 0.2) is 0 Å². The van der Waals surface area contributed by atoms with E-state index in [9.17, 15) is 0 Å². The molecular formula is C11H24O5. The molecule has 0 aromatic heterocycles. The molecule has 0 amide bonds. The molecule has 0 aliphatic carbocycles. The molecular weight excluding hydrogens is 212 g/mol. The van der Waals surface area contributed by atoms with E-state index in [0.29, 0.717) is 26.4 Å². The lowest BCUT2D eigenvalue weighted by Crippen LogP contribution is -2.23. The third kappa shape index (κ3) is 11.9. The van der Waals surface area contributed by atoms with E-state index in [1.807, 2.05) is 20.8 Å². The van der Waals surface area contributed by atoms with Crippen molar-refractivity contribution in [3.8, 4) is 0 Å². The summed E-state index contributed by atoms with van der Waals surface area (Å²) >= 11 is 0. The van der Waals surface area contributed by atoms with E-state index in [2.05, 4.69) is 0 Å². The zero-order valence-corrected chi connectivity index (χ0v) is 10.4. The Hall–Kier alpha value is -0.200. The fourth-order valence-electron chi connectivity index (χ4n) is 0.899. The van der Waals surface area contributed by atoms with Crippen molar-refractivity contribution in [1.82, 2.24) is 0 Å². The van der Waals surface area contributed by atoms with Crippen LogP contribution in [0, 0.1) is 0 Å². The SMILES string of the molecule is CC(C)(C)OCCOCCOCC(O)CO. The third-order valence-corrected chi connectivity index (χ3v) is 1.66. The van der Waals surface area contributed by atoms with Crippen molar-refractivity contribution in [3.05, 3.63) is 0 Å². The van der Waals surface area contributed by atoms with Crippen LogP contribution < -0.4 is 0 Å². The summed E-state index contributed by atoms with van der Waals surface area (Å²) in [5, 5.41) is 17.5. The first-order chi connectivity index (χ1) is 7.45. The predicted octanol–water partition coefficient (Wildman–Crippen LogP) is 0.188. The zero-order valence-electron chi connectivity index (χ0n) is 10.4. The molecule has 0 spiro atoms. The molecule has 98 valence electrons. The molecule has 16 heavy (non-hydrogen) atoms. The van der Waals surface area contributed by atoms with Gasteiger partial charge in [0.2, 0.25) is 0 Å². The smallest absolute Gasteiger partial charge is 0.100 e. The molecule has 1 unspecified atom stereocenters. The summed E-state index contributed by atoms with van der Waals surface area (Å²) in [4.78, 5) is 0.